The highest BCUT2D eigenvalue weighted by Crippen LogP contribution is 2.12. The van der Waals surface area contributed by atoms with Gasteiger partial charge in [0.25, 0.3) is 0 Å². The minimum Gasteiger partial charge on any atom is -0.291 e. The highest BCUT2D eigenvalue weighted by atomic mass is 14.7. The summed E-state index contributed by atoms with van der Waals surface area (Å²) in [5.41, 5.74) is 15.8. The number of benzene rings is 2. The maximum Gasteiger partial charge on any atom is 0.242 e. The summed E-state index contributed by atoms with van der Waals surface area (Å²) in [6, 6.07) is 16.7. The second-order valence-electron chi connectivity index (χ2n) is 5.31. The van der Waals surface area contributed by atoms with Gasteiger partial charge in [0.1, 0.15) is 0 Å². The quantitative estimate of drug-likeness (QED) is 0.386. The second kappa shape index (κ2) is 6.70. The molecular weight excluding hydrogens is 260 g/mol. The van der Waals surface area contributed by atoms with Gasteiger partial charge in [-0.3, -0.25) is 22.3 Å². The summed E-state index contributed by atoms with van der Waals surface area (Å²) in [5, 5.41) is 11.0. The molecule has 8 N–H and O–H groups in total. The molecule has 0 aromatic heterocycles. The van der Waals surface area contributed by atoms with E-state index in [9.17, 15) is 0 Å². The van der Waals surface area contributed by atoms with E-state index in [1.165, 1.54) is 11.1 Å². The van der Waals surface area contributed by atoms with Gasteiger partial charge in [0, 0.05) is 0 Å². The summed E-state index contributed by atoms with van der Waals surface area (Å²) in [7, 11) is 0. The normalized spacial score (nSPS) is 10.3. The Kier molecular flexibility index (Phi) is 4.72. The van der Waals surface area contributed by atoms with Crippen LogP contribution in [-0.4, -0.2) is 11.7 Å². The fourth-order valence-corrected chi connectivity index (χ4v) is 2.26. The molecule has 0 unspecified atom stereocenters. The van der Waals surface area contributed by atoms with Gasteiger partial charge in [-0.2, -0.15) is 0 Å². The number of hydrogen-bond donors (Lipinski definition) is 4. The van der Waals surface area contributed by atoms with E-state index in [0.717, 1.165) is 17.5 Å². The summed E-state index contributed by atoms with van der Waals surface area (Å²) in [4.78, 5) is 0. The number of rotatable bonds is 6. The molecule has 0 aliphatic rings. The van der Waals surface area contributed by atoms with Gasteiger partial charge in [-0.25, -0.2) is 0 Å². The summed E-state index contributed by atoms with van der Waals surface area (Å²) in [5.74, 6) is 0.878. The molecule has 0 radical (unpaired) electrons. The summed E-state index contributed by atoms with van der Waals surface area (Å²) in [6.45, 7) is 0. The first-order valence-corrected chi connectivity index (χ1v) is 6.92. The molecule has 2 aromatic carbocycles. The molecule has 0 spiro atoms. The zero-order chi connectivity index (χ0) is 15.2. The predicted molar refractivity (Wildman–Crippen MR) is 85.3 cm³/mol. The van der Waals surface area contributed by atoms with E-state index in [4.69, 9.17) is 22.3 Å². The van der Waals surface area contributed by atoms with Crippen molar-refractivity contribution in [3.8, 4) is 0 Å². The smallest absolute Gasteiger partial charge is 0.242 e. The van der Waals surface area contributed by atoms with Crippen LogP contribution in [0.15, 0.2) is 48.5 Å². The van der Waals surface area contributed by atoms with E-state index < -0.39 is 0 Å². The summed E-state index contributed by atoms with van der Waals surface area (Å²) in [6.07, 6.45) is 2.13. The molecule has 0 amide bonds. The van der Waals surface area contributed by atoms with Crippen LogP contribution in [0.5, 0.6) is 0 Å². The van der Waals surface area contributed by atoms with Crippen molar-refractivity contribution >= 4 is 11.7 Å². The lowest BCUT2D eigenvalue weighted by molar-refractivity contribution is -0.118. The predicted octanol–water partition coefficient (Wildman–Crippen LogP) is -1.40. The largest absolute Gasteiger partial charge is 0.291 e. The Morgan fingerprint density at radius 3 is 1.19 bits per heavy atom. The lowest BCUT2D eigenvalue weighted by atomic mass is 10.0. The Balaban J connectivity index is 2.01. The molecular formula is C17H22N4+2. The van der Waals surface area contributed by atoms with Gasteiger partial charge in [-0.15, -0.1) is 0 Å². The zero-order valence-electron chi connectivity index (χ0n) is 12.0. The van der Waals surface area contributed by atoms with Crippen molar-refractivity contribution in [1.82, 2.24) is 0 Å². The molecule has 21 heavy (non-hydrogen) atoms. The minimum atomic E-state index is 0.439. The maximum atomic E-state index is 5.51. The van der Waals surface area contributed by atoms with E-state index in [1.54, 1.807) is 0 Å². The van der Waals surface area contributed by atoms with Gasteiger partial charge >= 0.3 is 0 Å². The molecule has 0 bridgehead atoms. The molecule has 0 saturated carbocycles. The van der Waals surface area contributed by atoms with E-state index in [1.807, 2.05) is 0 Å². The highest BCUT2D eigenvalue weighted by molar-refractivity contribution is 5.77. The van der Waals surface area contributed by atoms with E-state index in [-0.39, 0.29) is 0 Å². The number of amidine groups is 2. The van der Waals surface area contributed by atoms with Gasteiger partial charge < -0.3 is 0 Å². The third kappa shape index (κ3) is 4.76. The van der Waals surface area contributed by atoms with Crippen molar-refractivity contribution in [2.45, 2.75) is 19.3 Å². The highest BCUT2D eigenvalue weighted by Gasteiger charge is 2.02. The van der Waals surface area contributed by atoms with Crippen LogP contribution in [0.2, 0.25) is 0 Å². The van der Waals surface area contributed by atoms with Crippen LogP contribution in [0.1, 0.15) is 22.3 Å². The monoisotopic (exact) mass is 282 g/mol. The Morgan fingerprint density at radius 1 is 0.619 bits per heavy atom. The van der Waals surface area contributed by atoms with Gasteiger partial charge in [0.2, 0.25) is 11.7 Å². The Labute approximate surface area is 124 Å². The topological polar surface area (TPSA) is 103 Å². The lowest BCUT2D eigenvalue weighted by Gasteiger charge is -2.05. The van der Waals surface area contributed by atoms with Crippen molar-refractivity contribution in [2.75, 3.05) is 0 Å². The summed E-state index contributed by atoms with van der Waals surface area (Å²) < 4.78 is 0. The molecule has 4 nitrogen and oxygen atoms in total. The molecule has 4 heteroatoms. The van der Waals surface area contributed by atoms with Crippen molar-refractivity contribution in [1.29, 1.82) is 0 Å². The molecule has 0 heterocycles. The molecule has 0 atom stereocenters. The first-order chi connectivity index (χ1) is 10.0. The molecule has 0 aliphatic carbocycles. The minimum absolute atomic E-state index is 0.439. The average Bonchev–Trinajstić information content (AvgIpc) is 2.42. The Hall–Kier alpha value is -2.62. The number of nitrogens with two attached hydrogens (primary N) is 4. The Morgan fingerprint density at radius 2 is 0.905 bits per heavy atom. The molecule has 0 saturated heterocycles. The summed E-state index contributed by atoms with van der Waals surface area (Å²) >= 11 is 0. The van der Waals surface area contributed by atoms with Crippen LogP contribution in [0, 0.1) is 0 Å². The van der Waals surface area contributed by atoms with Crippen molar-refractivity contribution in [3.63, 3.8) is 0 Å². The van der Waals surface area contributed by atoms with Crippen LogP contribution in [0.25, 0.3) is 0 Å². The van der Waals surface area contributed by atoms with E-state index >= 15 is 0 Å². The third-order valence-electron chi connectivity index (χ3n) is 3.27. The fraction of sp³-hybridized carbons (Fsp3) is 0.176. The van der Waals surface area contributed by atoms with E-state index in [2.05, 4.69) is 48.5 Å². The van der Waals surface area contributed by atoms with Gasteiger partial charge in [0.15, 0.2) is 0 Å². The molecule has 2 rings (SSSR count). The van der Waals surface area contributed by atoms with Gasteiger partial charge in [-0.05, 0) is 28.7 Å². The van der Waals surface area contributed by atoms with Crippen molar-refractivity contribution < 1.29 is 10.8 Å². The molecule has 0 aliphatic heterocycles. The lowest BCUT2D eigenvalue weighted by Crippen LogP contribution is -2.46. The van der Waals surface area contributed by atoms with Gasteiger partial charge in [0.05, 0.1) is 12.8 Å². The third-order valence-corrected chi connectivity index (χ3v) is 3.27. The molecule has 0 fully saturated rings. The van der Waals surface area contributed by atoms with Crippen LogP contribution in [-0.2, 0) is 19.3 Å². The van der Waals surface area contributed by atoms with Crippen LogP contribution in [0.3, 0.4) is 0 Å². The average molecular weight is 282 g/mol. The SMILES string of the molecule is NC(=[NH2+])Cc1ccc(Cc2ccc(CC(N)=[NH2+])cc2)cc1. The van der Waals surface area contributed by atoms with E-state index in [0.29, 0.717) is 24.5 Å². The van der Waals surface area contributed by atoms with Gasteiger partial charge in [-0.1, -0.05) is 48.5 Å². The van der Waals surface area contributed by atoms with Crippen molar-refractivity contribution in [2.24, 2.45) is 11.5 Å². The number of hydrogen-bond acceptors (Lipinski definition) is 0. The first kappa shape index (κ1) is 14.8. The fourth-order valence-electron chi connectivity index (χ4n) is 2.26. The Bertz CT molecular complexity index is 569. The molecule has 2 aromatic rings. The molecule has 108 valence electrons. The second-order valence-corrected chi connectivity index (χ2v) is 5.31. The maximum absolute atomic E-state index is 5.51. The first-order valence-electron chi connectivity index (χ1n) is 6.92. The van der Waals surface area contributed by atoms with Crippen molar-refractivity contribution in [3.05, 3.63) is 70.8 Å². The van der Waals surface area contributed by atoms with Crippen LogP contribution >= 0.6 is 0 Å². The van der Waals surface area contributed by atoms with Crippen LogP contribution in [0.4, 0.5) is 0 Å². The standard InChI is InChI=1S/C17H20N4/c18-16(19)10-14-5-1-12(2-6-14)9-13-3-7-15(8-4-13)11-17(20)21/h1-8H,9-11H2,(H3,18,19)(H3,20,21)/p+2. The van der Waals surface area contributed by atoms with Crippen LogP contribution < -0.4 is 22.3 Å². The zero-order valence-corrected chi connectivity index (χ0v) is 12.0.